The summed E-state index contributed by atoms with van der Waals surface area (Å²) in [6.07, 6.45) is 3.99. The van der Waals surface area contributed by atoms with Gasteiger partial charge in [0.2, 0.25) is 5.88 Å². The van der Waals surface area contributed by atoms with Crippen LogP contribution in [0.2, 0.25) is 0 Å². The molecule has 1 unspecified atom stereocenters. The van der Waals surface area contributed by atoms with E-state index in [2.05, 4.69) is 23.8 Å². The molecule has 0 bridgehead atoms. The zero-order valence-corrected chi connectivity index (χ0v) is 9.90. The first-order valence-corrected chi connectivity index (χ1v) is 5.32. The molecule has 16 heavy (non-hydrogen) atoms. The molecule has 0 saturated heterocycles. The van der Waals surface area contributed by atoms with E-state index in [1.54, 1.807) is 0 Å². The Labute approximate surface area is 95.6 Å². The Morgan fingerprint density at radius 3 is 2.56 bits per heavy atom. The minimum Gasteiger partial charge on any atom is -0.473 e. The molecule has 0 aromatic carbocycles. The molecule has 0 spiro atoms. The summed E-state index contributed by atoms with van der Waals surface area (Å²) in [5.41, 5.74) is 5.70. The van der Waals surface area contributed by atoms with E-state index in [9.17, 15) is 0 Å². The minimum atomic E-state index is -0.125. The zero-order valence-electron chi connectivity index (χ0n) is 9.90. The highest BCUT2D eigenvalue weighted by Crippen LogP contribution is 2.15. The Balaban J connectivity index is 2.76. The Hall–Kier alpha value is -1.65. The van der Waals surface area contributed by atoms with Gasteiger partial charge in [0.15, 0.2) is 5.69 Å². The zero-order chi connectivity index (χ0) is 12.1. The van der Waals surface area contributed by atoms with Crippen LogP contribution in [0.1, 0.15) is 32.9 Å². The summed E-state index contributed by atoms with van der Waals surface area (Å²) in [6, 6.07) is 0. The molecule has 0 fully saturated rings. The lowest BCUT2D eigenvalue weighted by Gasteiger charge is -2.16. The topological polar surface area (TPSA) is 84.9 Å². The maximum absolute atomic E-state index is 7.36. The van der Waals surface area contributed by atoms with E-state index >= 15 is 0 Å². The lowest BCUT2D eigenvalue weighted by Crippen LogP contribution is -2.20. The molecule has 0 radical (unpaired) electrons. The molecule has 5 heteroatoms. The van der Waals surface area contributed by atoms with E-state index in [0.717, 1.165) is 6.42 Å². The van der Waals surface area contributed by atoms with Crippen LogP contribution in [-0.4, -0.2) is 21.9 Å². The second-order valence-corrected chi connectivity index (χ2v) is 4.18. The van der Waals surface area contributed by atoms with E-state index in [-0.39, 0.29) is 11.9 Å². The molecule has 88 valence electrons. The van der Waals surface area contributed by atoms with Gasteiger partial charge >= 0.3 is 0 Å². The van der Waals surface area contributed by atoms with Gasteiger partial charge in [0, 0.05) is 12.4 Å². The maximum Gasteiger partial charge on any atom is 0.244 e. The fraction of sp³-hybridized carbons (Fsp3) is 0.545. The van der Waals surface area contributed by atoms with Crippen LogP contribution in [0.5, 0.6) is 5.88 Å². The standard InChI is InChI=1S/C11H18N4O/c1-7(2)6-8(3)16-11-9(10(12)13)14-4-5-15-11/h4-5,7-8H,6H2,1-3H3,(H3,12,13). The number of nitrogens with zero attached hydrogens (tertiary/aromatic N) is 2. The van der Waals surface area contributed by atoms with Gasteiger partial charge in [0.05, 0.1) is 6.10 Å². The first kappa shape index (κ1) is 12.4. The van der Waals surface area contributed by atoms with Crippen molar-refractivity contribution < 1.29 is 4.74 Å². The Kier molecular flexibility index (Phi) is 4.22. The number of hydrogen-bond donors (Lipinski definition) is 2. The number of ether oxygens (including phenoxy) is 1. The highest BCUT2D eigenvalue weighted by Gasteiger charge is 2.13. The van der Waals surface area contributed by atoms with Crippen LogP contribution < -0.4 is 10.5 Å². The molecule has 5 nitrogen and oxygen atoms in total. The molecule has 1 aromatic rings. The van der Waals surface area contributed by atoms with Crippen molar-refractivity contribution in [1.82, 2.24) is 9.97 Å². The van der Waals surface area contributed by atoms with E-state index in [1.807, 2.05) is 6.92 Å². The van der Waals surface area contributed by atoms with Gasteiger partial charge in [-0.15, -0.1) is 0 Å². The summed E-state index contributed by atoms with van der Waals surface area (Å²) < 4.78 is 5.62. The molecule has 0 aliphatic rings. The van der Waals surface area contributed by atoms with E-state index in [0.29, 0.717) is 17.5 Å². The van der Waals surface area contributed by atoms with Gasteiger partial charge in [0.25, 0.3) is 0 Å². The van der Waals surface area contributed by atoms with E-state index in [4.69, 9.17) is 15.9 Å². The summed E-state index contributed by atoms with van der Waals surface area (Å²) in [7, 11) is 0. The van der Waals surface area contributed by atoms with Gasteiger partial charge in [-0.3, -0.25) is 5.41 Å². The number of rotatable bonds is 5. The van der Waals surface area contributed by atoms with E-state index in [1.165, 1.54) is 12.4 Å². The first-order valence-electron chi connectivity index (χ1n) is 5.32. The van der Waals surface area contributed by atoms with Gasteiger partial charge in [-0.25, -0.2) is 9.97 Å². The van der Waals surface area contributed by atoms with Crippen molar-refractivity contribution in [1.29, 1.82) is 5.41 Å². The van der Waals surface area contributed by atoms with Crippen LogP contribution in [-0.2, 0) is 0 Å². The van der Waals surface area contributed by atoms with Crippen molar-refractivity contribution in [2.45, 2.75) is 33.3 Å². The van der Waals surface area contributed by atoms with Crippen LogP contribution >= 0.6 is 0 Å². The van der Waals surface area contributed by atoms with Crippen molar-refractivity contribution in [3.63, 3.8) is 0 Å². The average molecular weight is 222 g/mol. The third-order valence-electron chi connectivity index (χ3n) is 2.04. The molecular formula is C11H18N4O. The van der Waals surface area contributed by atoms with Crippen molar-refractivity contribution in [2.75, 3.05) is 0 Å². The first-order chi connectivity index (χ1) is 7.50. The van der Waals surface area contributed by atoms with Crippen LogP contribution in [0.4, 0.5) is 0 Å². The number of nitrogens with two attached hydrogens (primary N) is 1. The number of nitrogen functional groups attached to an aromatic ring is 1. The van der Waals surface area contributed by atoms with Crippen LogP contribution in [0.25, 0.3) is 0 Å². The lowest BCUT2D eigenvalue weighted by atomic mass is 10.1. The van der Waals surface area contributed by atoms with Crippen molar-refractivity contribution in [2.24, 2.45) is 11.7 Å². The largest absolute Gasteiger partial charge is 0.473 e. The number of nitrogens with one attached hydrogen (secondary N) is 1. The number of amidine groups is 1. The fourth-order valence-electron chi connectivity index (χ4n) is 1.50. The SMILES string of the molecule is CC(C)CC(C)Oc1nccnc1C(=N)N. The predicted molar refractivity (Wildman–Crippen MR) is 62.6 cm³/mol. The quantitative estimate of drug-likeness (QED) is 0.585. The fourth-order valence-corrected chi connectivity index (χ4v) is 1.50. The monoisotopic (exact) mass is 222 g/mol. The van der Waals surface area contributed by atoms with Gasteiger partial charge in [-0.05, 0) is 19.3 Å². The summed E-state index contributed by atoms with van der Waals surface area (Å²) in [5.74, 6) is 0.760. The molecule has 1 heterocycles. The summed E-state index contributed by atoms with van der Waals surface area (Å²) in [4.78, 5) is 8.02. The van der Waals surface area contributed by atoms with Crippen molar-refractivity contribution in [3.05, 3.63) is 18.1 Å². The predicted octanol–water partition coefficient (Wildman–Crippen LogP) is 1.57. The molecule has 1 rings (SSSR count). The van der Waals surface area contributed by atoms with E-state index < -0.39 is 0 Å². The summed E-state index contributed by atoms with van der Waals surface area (Å²) in [6.45, 7) is 6.23. The number of aromatic nitrogens is 2. The Morgan fingerprint density at radius 1 is 1.38 bits per heavy atom. The van der Waals surface area contributed by atoms with Crippen LogP contribution in [0.3, 0.4) is 0 Å². The van der Waals surface area contributed by atoms with Gasteiger partial charge in [-0.1, -0.05) is 13.8 Å². The molecule has 0 aliphatic carbocycles. The second kappa shape index (κ2) is 5.44. The maximum atomic E-state index is 7.36. The molecule has 3 N–H and O–H groups in total. The molecule has 0 amide bonds. The van der Waals surface area contributed by atoms with Gasteiger partial charge in [0.1, 0.15) is 5.84 Å². The third-order valence-corrected chi connectivity index (χ3v) is 2.04. The van der Waals surface area contributed by atoms with Gasteiger partial charge in [-0.2, -0.15) is 0 Å². The molecule has 0 aliphatic heterocycles. The highest BCUT2D eigenvalue weighted by molar-refractivity contribution is 5.94. The second-order valence-electron chi connectivity index (χ2n) is 4.18. The van der Waals surface area contributed by atoms with Crippen molar-refractivity contribution in [3.8, 4) is 5.88 Å². The van der Waals surface area contributed by atoms with Gasteiger partial charge < -0.3 is 10.5 Å². The third kappa shape index (κ3) is 3.49. The molecular weight excluding hydrogens is 204 g/mol. The molecule has 1 aromatic heterocycles. The Morgan fingerprint density at radius 2 is 2.00 bits per heavy atom. The highest BCUT2D eigenvalue weighted by atomic mass is 16.5. The van der Waals surface area contributed by atoms with Crippen LogP contribution in [0.15, 0.2) is 12.4 Å². The Bertz CT molecular complexity index is 365. The average Bonchev–Trinajstić information content (AvgIpc) is 2.16. The number of hydrogen-bond acceptors (Lipinski definition) is 4. The van der Waals surface area contributed by atoms with Crippen LogP contribution in [0, 0.1) is 11.3 Å². The molecule has 1 atom stereocenters. The summed E-state index contributed by atoms with van der Waals surface area (Å²) in [5, 5.41) is 7.36. The lowest BCUT2D eigenvalue weighted by molar-refractivity contribution is 0.184. The normalized spacial score (nSPS) is 12.5. The molecule has 0 saturated carbocycles. The van der Waals surface area contributed by atoms with Crippen molar-refractivity contribution >= 4 is 5.84 Å². The minimum absolute atomic E-state index is 0.0369. The summed E-state index contributed by atoms with van der Waals surface area (Å²) >= 11 is 0. The smallest absolute Gasteiger partial charge is 0.244 e.